The van der Waals surface area contributed by atoms with E-state index in [0.717, 1.165) is 0 Å². The second kappa shape index (κ2) is 4.36. The number of hydrogen-bond donors (Lipinski definition) is 1. The minimum absolute atomic E-state index is 0.0216. The Morgan fingerprint density at radius 1 is 1.50 bits per heavy atom. The molecule has 2 rings (SSSR count). The van der Waals surface area contributed by atoms with Crippen LogP contribution in [-0.2, 0) is 21.9 Å². The summed E-state index contributed by atoms with van der Waals surface area (Å²) >= 11 is 0. The minimum Gasteiger partial charge on any atom is -0.481 e. The topological polar surface area (TPSA) is 92.5 Å². The highest BCUT2D eigenvalue weighted by Gasteiger charge is 2.40. The van der Waals surface area contributed by atoms with Gasteiger partial charge >= 0.3 is 5.97 Å². The van der Waals surface area contributed by atoms with Gasteiger partial charge in [0.05, 0.1) is 12.1 Å². The first kappa shape index (κ1) is 13.0. The fourth-order valence-corrected chi connectivity index (χ4v) is 3.67. The molecule has 1 fully saturated rings. The van der Waals surface area contributed by atoms with Crippen molar-refractivity contribution >= 4 is 16.0 Å². The molecule has 1 aromatic rings. The van der Waals surface area contributed by atoms with Crippen molar-refractivity contribution in [1.82, 2.24) is 14.1 Å². The summed E-state index contributed by atoms with van der Waals surface area (Å²) in [5, 5.41) is 12.8. The smallest absolute Gasteiger partial charge is 0.308 e. The lowest BCUT2D eigenvalue weighted by Gasteiger charge is -2.14. The number of sulfonamides is 1. The van der Waals surface area contributed by atoms with Crippen LogP contribution in [0.2, 0.25) is 0 Å². The molecule has 1 saturated heterocycles. The van der Waals surface area contributed by atoms with Crippen LogP contribution in [0.4, 0.5) is 0 Å². The summed E-state index contributed by atoms with van der Waals surface area (Å²) in [5.74, 6) is -1.78. The first-order valence-corrected chi connectivity index (χ1v) is 6.98. The molecule has 0 spiro atoms. The van der Waals surface area contributed by atoms with Gasteiger partial charge in [0.15, 0.2) is 0 Å². The van der Waals surface area contributed by atoms with Crippen LogP contribution in [0.1, 0.15) is 6.92 Å². The van der Waals surface area contributed by atoms with E-state index < -0.39 is 21.9 Å². The Morgan fingerprint density at radius 2 is 2.17 bits per heavy atom. The summed E-state index contributed by atoms with van der Waals surface area (Å²) < 4.78 is 27.1. The van der Waals surface area contributed by atoms with E-state index in [1.54, 1.807) is 14.0 Å². The first-order chi connectivity index (χ1) is 8.32. The molecule has 1 aliphatic rings. The van der Waals surface area contributed by atoms with Gasteiger partial charge in [-0.15, -0.1) is 0 Å². The van der Waals surface area contributed by atoms with E-state index in [-0.39, 0.29) is 23.9 Å². The Hall–Kier alpha value is -1.41. The minimum atomic E-state index is -3.63. The number of rotatable bonds is 3. The van der Waals surface area contributed by atoms with E-state index in [4.69, 9.17) is 5.11 Å². The van der Waals surface area contributed by atoms with E-state index >= 15 is 0 Å². The highest BCUT2D eigenvalue weighted by Crippen LogP contribution is 2.28. The zero-order chi connectivity index (χ0) is 13.5. The molecule has 0 radical (unpaired) electrons. The Kier molecular flexibility index (Phi) is 3.16. The number of aromatic nitrogens is 2. The molecule has 2 unspecified atom stereocenters. The zero-order valence-corrected chi connectivity index (χ0v) is 11.0. The number of hydrogen-bond acceptors (Lipinski definition) is 4. The van der Waals surface area contributed by atoms with Crippen molar-refractivity contribution < 1.29 is 18.3 Å². The van der Waals surface area contributed by atoms with Crippen LogP contribution in [0.15, 0.2) is 17.3 Å². The Bertz CT molecular complexity index is 565. The maximum Gasteiger partial charge on any atom is 0.308 e. The van der Waals surface area contributed by atoms with Gasteiger partial charge in [-0.05, 0) is 5.92 Å². The molecule has 8 heteroatoms. The molecule has 0 bridgehead atoms. The fraction of sp³-hybridized carbons (Fsp3) is 0.600. The van der Waals surface area contributed by atoms with E-state index in [9.17, 15) is 13.2 Å². The third-order valence-corrected chi connectivity index (χ3v) is 5.00. The number of carboxylic acids is 1. The molecule has 2 heterocycles. The molecular weight excluding hydrogens is 258 g/mol. The average molecular weight is 273 g/mol. The highest BCUT2D eigenvalue weighted by atomic mass is 32.2. The van der Waals surface area contributed by atoms with Crippen LogP contribution in [-0.4, -0.2) is 46.7 Å². The third kappa shape index (κ3) is 2.13. The Balaban J connectivity index is 2.26. The number of carboxylic acid groups (broad SMARTS) is 1. The number of carbonyl (C=O) groups is 1. The van der Waals surface area contributed by atoms with Crippen molar-refractivity contribution in [2.45, 2.75) is 11.8 Å². The van der Waals surface area contributed by atoms with Crippen LogP contribution in [0.5, 0.6) is 0 Å². The molecule has 1 aromatic heterocycles. The summed E-state index contributed by atoms with van der Waals surface area (Å²) in [6, 6.07) is 0. The van der Waals surface area contributed by atoms with Gasteiger partial charge in [0.2, 0.25) is 10.0 Å². The average Bonchev–Trinajstić information content (AvgIpc) is 2.84. The second-order valence-corrected chi connectivity index (χ2v) is 6.53. The molecule has 100 valence electrons. The first-order valence-electron chi connectivity index (χ1n) is 5.54. The molecule has 1 aliphatic heterocycles. The van der Waals surface area contributed by atoms with Crippen LogP contribution < -0.4 is 0 Å². The summed E-state index contributed by atoms with van der Waals surface area (Å²) in [4.78, 5) is 11.1. The predicted octanol–water partition coefficient (Wildman–Crippen LogP) is -0.239. The summed E-state index contributed by atoms with van der Waals surface area (Å²) in [6.45, 7) is 2.00. The SMILES string of the molecule is CC1CN(S(=O)(=O)c2cnn(C)c2)CC1C(=O)O. The van der Waals surface area contributed by atoms with Crippen LogP contribution in [0, 0.1) is 11.8 Å². The van der Waals surface area contributed by atoms with Gasteiger partial charge in [0, 0.05) is 26.3 Å². The molecule has 0 amide bonds. The molecule has 2 atom stereocenters. The summed E-state index contributed by atoms with van der Waals surface area (Å²) in [6.07, 6.45) is 2.68. The van der Waals surface area contributed by atoms with Crippen molar-refractivity contribution in [1.29, 1.82) is 0 Å². The summed E-state index contributed by atoms with van der Waals surface area (Å²) in [5.41, 5.74) is 0. The monoisotopic (exact) mass is 273 g/mol. The Labute approximate surface area is 105 Å². The van der Waals surface area contributed by atoms with Gasteiger partial charge in [-0.2, -0.15) is 9.40 Å². The standard InChI is InChI=1S/C10H15N3O4S/c1-7-4-13(6-9(7)10(14)15)18(16,17)8-3-11-12(2)5-8/h3,5,7,9H,4,6H2,1-2H3,(H,14,15). The van der Waals surface area contributed by atoms with E-state index in [1.165, 1.54) is 21.4 Å². The van der Waals surface area contributed by atoms with Crippen molar-refractivity contribution in [2.24, 2.45) is 18.9 Å². The van der Waals surface area contributed by atoms with Gasteiger partial charge in [0.25, 0.3) is 0 Å². The van der Waals surface area contributed by atoms with Crippen molar-refractivity contribution in [2.75, 3.05) is 13.1 Å². The number of aryl methyl sites for hydroxylation is 1. The van der Waals surface area contributed by atoms with Crippen LogP contribution in [0.3, 0.4) is 0 Å². The number of nitrogens with zero attached hydrogens (tertiary/aromatic N) is 3. The van der Waals surface area contributed by atoms with Gasteiger partial charge in [-0.25, -0.2) is 8.42 Å². The quantitative estimate of drug-likeness (QED) is 0.820. The summed E-state index contributed by atoms with van der Waals surface area (Å²) in [7, 11) is -2.00. The van der Waals surface area contributed by atoms with Gasteiger partial charge in [-0.3, -0.25) is 9.48 Å². The lowest BCUT2D eigenvalue weighted by atomic mass is 9.99. The maximum absolute atomic E-state index is 12.2. The fourth-order valence-electron chi connectivity index (χ4n) is 2.12. The van der Waals surface area contributed by atoms with E-state index in [1.807, 2.05) is 0 Å². The maximum atomic E-state index is 12.2. The molecule has 0 saturated carbocycles. The molecule has 7 nitrogen and oxygen atoms in total. The largest absolute Gasteiger partial charge is 0.481 e. The third-order valence-electron chi connectivity index (χ3n) is 3.21. The van der Waals surface area contributed by atoms with Gasteiger partial charge in [-0.1, -0.05) is 6.92 Å². The molecule has 18 heavy (non-hydrogen) atoms. The second-order valence-electron chi connectivity index (χ2n) is 4.59. The van der Waals surface area contributed by atoms with Gasteiger partial charge < -0.3 is 5.11 Å². The predicted molar refractivity (Wildman–Crippen MR) is 62.3 cm³/mol. The Morgan fingerprint density at radius 3 is 2.61 bits per heavy atom. The van der Waals surface area contributed by atoms with E-state index in [2.05, 4.69) is 5.10 Å². The van der Waals surface area contributed by atoms with Crippen molar-refractivity contribution in [3.63, 3.8) is 0 Å². The van der Waals surface area contributed by atoms with Crippen LogP contribution in [0.25, 0.3) is 0 Å². The molecule has 0 aromatic carbocycles. The number of aliphatic carboxylic acids is 1. The lowest BCUT2D eigenvalue weighted by Crippen LogP contribution is -2.29. The molecular formula is C10H15N3O4S. The lowest BCUT2D eigenvalue weighted by molar-refractivity contribution is -0.142. The molecule has 0 aliphatic carbocycles. The normalized spacial score (nSPS) is 25.4. The zero-order valence-electron chi connectivity index (χ0n) is 10.1. The van der Waals surface area contributed by atoms with Gasteiger partial charge in [0.1, 0.15) is 4.90 Å². The molecule has 1 N–H and O–H groups in total. The van der Waals surface area contributed by atoms with E-state index in [0.29, 0.717) is 0 Å². The highest BCUT2D eigenvalue weighted by molar-refractivity contribution is 7.89. The van der Waals surface area contributed by atoms with Crippen molar-refractivity contribution in [3.8, 4) is 0 Å². The van der Waals surface area contributed by atoms with Crippen molar-refractivity contribution in [3.05, 3.63) is 12.4 Å². The van der Waals surface area contributed by atoms with Crippen LogP contribution >= 0.6 is 0 Å².